The minimum absolute atomic E-state index is 0.208. The first-order valence-corrected chi connectivity index (χ1v) is 8.74. The summed E-state index contributed by atoms with van der Waals surface area (Å²) < 4.78 is 5.43. The van der Waals surface area contributed by atoms with Gasteiger partial charge in [-0.25, -0.2) is 4.79 Å². The van der Waals surface area contributed by atoms with Gasteiger partial charge in [0.1, 0.15) is 5.54 Å². The molecule has 2 aliphatic rings. The second kappa shape index (κ2) is 6.93. The molecule has 1 saturated heterocycles. The Morgan fingerprint density at radius 3 is 2.62 bits per heavy atom. The number of hydrogen-bond donors (Lipinski definition) is 1. The molecule has 0 radical (unpaired) electrons. The van der Waals surface area contributed by atoms with E-state index < -0.39 is 11.5 Å². The second-order valence-corrected chi connectivity index (χ2v) is 6.95. The fourth-order valence-electron chi connectivity index (χ4n) is 3.94. The quantitative estimate of drug-likeness (QED) is 0.921. The van der Waals surface area contributed by atoms with Crippen LogP contribution in [-0.4, -0.2) is 47.7 Å². The summed E-state index contributed by atoms with van der Waals surface area (Å²) in [7, 11) is 1.63. The Morgan fingerprint density at radius 1 is 1.25 bits per heavy atom. The van der Waals surface area contributed by atoms with E-state index in [1.54, 1.807) is 13.1 Å². The molecule has 24 heavy (non-hydrogen) atoms. The lowest BCUT2D eigenvalue weighted by Gasteiger charge is -2.41. The van der Waals surface area contributed by atoms with Crippen LogP contribution in [-0.2, 0) is 9.53 Å². The summed E-state index contributed by atoms with van der Waals surface area (Å²) in [6.45, 7) is 1.44. The number of ether oxygens (including phenoxy) is 1. The van der Waals surface area contributed by atoms with Crippen LogP contribution >= 0.6 is 0 Å². The Kier molecular flexibility index (Phi) is 4.90. The van der Waals surface area contributed by atoms with Gasteiger partial charge in [-0.2, -0.15) is 0 Å². The minimum Gasteiger partial charge on any atom is -0.479 e. The van der Waals surface area contributed by atoms with E-state index in [1.165, 1.54) is 4.90 Å². The number of aliphatic carboxylic acids is 1. The maximum Gasteiger partial charge on any atom is 0.329 e. The van der Waals surface area contributed by atoms with Gasteiger partial charge in [-0.15, -0.1) is 0 Å². The molecule has 1 heterocycles. The predicted molar refractivity (Wildman–Crippen MR) is 90.2 cm³/mol. The molecule has 3 rings (SSSR count). The zero-order valence-electron chi connectivity index (χ0n) is 14.2. The van der Waals surface area contributed by atoms with Crippen LogP contribution in [0.4, 0.5) is 0 Å². The molecule has 2 fully saturated rings. The van der Waals surface area contributed by atoms with Crippen molar-refractivity contribution in [3.63, 3.8) is 0 Å². The first kappa shape index (κ1) is 17.0. The summed E-state index contributed by atoms with van der Waals surface area (Å²) in [5.41, 5.74) is 0.592. The normalized spacial score (nSPS) is 23.0. The van der Waals surface area contributed by atoms with Crippen LogP contribution in [0.3, 0.4) is 0 Å². The molecule has 1 aromatic carbocycles. The average molecular weight is 331 g/mol. The van der Waals surface area contributed by atoms with Crippen molar-refractivity contribution < 1.29 is 19.4 Å². The molecule has 1 saturated carbocycles. The lowest BCUT2D eigenvalue weighted by molar-refractivity contribution is -0.151. The molecule has 1 unspecified atom stereocenters. The van der Waals surface area contributed by atoms with Gasteiger partial charge in [0.2, 0.25) is 0 Å². The number of carbonyl (C=O) groups excluding carboxylic acids is 1. The van der Waals surface area contributed by atoms with E-state index in [0.717, 1.165) is 37.9 Å². The van der Waals surface area contributed by atoms with Gasteiger partial charge in [0, 0.05) is 25.1 Å². The summed E-state index contributed by atoms with van der Waals surface area (Å²) in [5, 5.41) is 9.77. The van der Waals surface area contributed by atoms with Crippen LogP contribution in [0, 0.1) is 0 Å². The third-order valence-corrected chi connectivity index (χ3v) is 5.56. The van der Waals surface area contributed by atoms with Crippen LogP contribution < -0.4 is 0 Å². The fraction of sp³-hybridized carbons (Fsp3) is 0.579. The van der Waals surface area contributed by atoms with Gasteiger partial charge in [-0.1, -0.05) is 31.4 Å². The number of carboxylic acids is 1. The maximum absolute atomic E-state index is 13.0. The van der Waals surface area contributed by atoms with Crippen LogP contribution in [0.15, 0.2) is 24.3 Å². The number of benzene rings is 1. The third-order valence-electron chi connectivity index (χ3n) is 5.56. The molecule has 5 heteroatoms. The van der Waals surface area contributed by atoms with E-state index in [9.17, 15) is 14.7 Å². The number of likely N-dealkylation sites (N-methyl/N-ethyl adjacent to an activating group) is 1. The van der Waals surface area contributed by atoms with Gasteiger partial charge in [-0.3, -0.25) is 4.79 Å². The van der Waals surface area contributed by atoms with Crippen molar-refractivity contribution in [2.24, 2.45) is 0 Å². The monoisotopic (exact) mass is 331 g/mol. The Bertz CT molecular complexity index is 616. The zero-order chi connectivity index (χ0) is 17.2. The minimum atomic E-state index is -1.07. The topological polar surface area (TPSA) is 66.8 Å². The van der Waals surface area contributed by atoms with E-state index in [4.69, 9.17) is 4.74 Å². The number of nitrogens with zero attached hydrogens (tertiary/aromatic N) is 1. The van der Waals surface area contributed by atoms with E-state index in [1.807, 2.05) is 18.2 Å². The Hall–Kier alpha value is -1.88. The van der Waals surface area contributed by atoms with Crippen LogP contribution in [0.5, 0.6) is 0 Å². The van der Waals surface area contributed by atoms with Crippen LogP contribution in [0.25, 0.3) is 0 Å². The third kappa shape index (κ3) is 3.05. The molecule has 1 N–H and O–H groups in total. The van der Waals surface area contributed by atoms with E-state index in [-0.39, 0.29) is 5.91 Å². The number of hydrogen-bond acceptors (Lipinski definition) is 3. The molecule has 0 bridgehead atoms. The summed E-state index contributed by atoms with van der Waals surface area (Å²) >= 11 is 0. The fourth-order valence-corrected chi connectivity index (χ4v) is 3.94. The molecule has 1 aromatic rings. The molecular weight excluding hydrogens is 306 g/mol. The van der Waals surface area contributed by atoms with E-state index in [0.29, 0.717) is 30.9 Å². The number of rotatable bonds is 4. The summed E-state index contributed by atoms with van der Waals surface area (Å²) in [6.07, 6.45) is 4.76. The van der Waals surface area contributed by atoms with Gasteiger partial charge in [0.15, 0.2) is 0 Å². The molecule has 1 aliphatic heterocycles. The summed E-state index contributed by atoms with van der Waals surface area (Å²) in [5.74, 6) is -0.773. The highest BCUT2D eigenvalue weighted by atomic mass is 16.5. The number of carbonyl (C=O) groups is 2. The molecule has 1 amide bonds. The van der Waals surface area contributed by atoms with Crippen molar-refractivity contribution in [3.8, 4) is 0 Å². The lowest BCUT2D eigenvalue weighted by Crippen LogP contribution is -2.56. The predicted octanol–water partition coefficient (Wildman–Crippen LogP) is 3.05. The van der Waals surface area contributed by atoms with Gasteiger partial charge >= 0.3 is 5.97 Å². The maximum atomic E-state index is 13.0. The standard InChI is InChI=1S/C19H25NO4/c1-20(19(18(22)23)9-3-2-4-10-19)17(21)15-7-5-6-14(12-15)16-8-11-24-13-16/h5-7,12,16H,2-4,8-11,13H2,1H3,(H,22,23). The van der Waals surface area contributed by atoms with Crippen LogP contribution in [0.2, 0.25) is 0 Å². The van der Waals surface area contributed by atoms with Crippen molar-refractivity contribution in [2.45, 2.75) is 50.0 Å². The molecule has 0 spiro atoms. The van der Waals surface area contributed by atoms with Gasteiger partial charge in [0.05, 0.1) is 6.61 Å². The molecule has 130 valence electrons. The average Bonchev–Trinajstić information content (AvgIpc) is 3.15. The SMILES string of the molecule is CN(C(=O)c1cccc(C2CCOC2)c1)C1(C(=O)O)CCCCC1. The molecular formula is C19H25NO4. The first-order valence-electron chi connectivity index (χ1n) is 8.74. The van der Waals surface area contributed by atoms with Gasteiger partial charge in [-0.05, 0) is 37.0 Å². The molecule has 1 aliphatic carbocycles. The molecule has 1 atom stereocenters. The highest BCUT2D eigenvalue weighted by Crippen LogP contribution is 2.34. The Morgan fingerprint density at radius 2 is 2.00 bits per heavy atom. The van der Waals surface area contributed by atoms with Crippen LogP contribution in [0.1, 0.15) is 60.4 Å². The largest absolute Gasteiger partial charge is 0.479 e. The van der Waals surface area contributed by atoms with Gasteiger partial charge in [0.25, 0.3) is 5.91 Å². The van der Waals surface area contributed by atoms with Crippen molar-refractivity contribution in [1.82, 2.24) is 4.90 Å². The second-order valence-electron chi connectivity index (χ2n) is 6.95. The molecule has 0 aromatic heterocycles. The van der Waals surface area contributed by atoms with Gasteiger partial charge < -0.3 is 14.7 Å². The summed E-state index contributed by atoms with van der Waals surface area (Å²) in [6, 6.07) is 7.57. The number of amides is 1. The highest BCUT2D eigenvalue weighted by Gasteiger charge is 2.45. The van der Waals surface area contributed by atoms with Crippen molar-refractivity contribution in [1.29, 1.82) is 0 Å². The molecule has 5 nitrogen and oxygen atoms in total. The highest BCUT2D eigenvalue weighted by molar-refractivity contribution is 5.98. The van der Waals surface area contributed by atoms with E-state index >= 15 is 0 Å². The number of carboxylic acid groups (broad SMARTS) is 1. The Labute approximate surface area is 142 Å². The lowest BCUT2D eigenvalue weighted by atomic mass is 9.80. The zero-order valence-corrected chi connectivity index (χ0v) is 14.2. The van der Waals surface area contributed by atoms with Crippen molar-refractivity contribution >= 4 is 11.9 Å². The summed E-state index contributed by atoms with van der Waals surface area (Å²) in [4.78, 5) is 26.3. The Balaban J connectivity index is 1.84. The van der Waals surface area contributed by atoms with Crippen molar-refractivity contribution in [2.75, 3.05) is 20.3 Å². The van der Waals surface area contributed by atoms with Crippen molar-refractivity contribution in [3.05, 3.63) is 35.4 Å². The first-order chi connectivity index (χ1) is 11.5. The smallest absolute Gasteiger partial charge is 0.329 e. The van der Waals surface area contributed by atoms with E-state index in [2.05, 4.69) is 0 Å².